The summed E-state index contributed by atoms with van der Waals surface area (Å²) in [5.74, 6) is 0.225. The molecular weight excluding hydrogens is 259 g/mol. The van der Waals surface area contributed by atoms with Crippen LogP contribution in [0.4, 0.5) is 0 Å². The minimum Gasteiger partial charge on any atom is -0.370 e. The standard InChI is InChI=1S/C13H16Cl2O2/c1-8(2)9(3)17-7-13(16)11-6-10(14)4-5-12(11)15/h4-6,8-9H,7H2,1-3H3. The lowest BCUT2D eigenvalue weighted by molar-refractivity contribution is 0.0336. The molecule has 0 heterocycles. The number of Topliss-reactive ketones (excluding diaryl/α,β-unsaturated/α-hetero) is 1. The van der Waals surface area contributed by atoms with Gasteiger partial charge in [0.2, 0.25) is 0 Å². The van der Waals surface area contributed by atoms with Gasteiger partial charge in [0, 0.05) is 10.6 Å². The van der Waals surface area contributed by atoms with Crippen LogP contribution in [0.5, 0.6) is 0 Å². The van der Waals surface area contributed by atoms with Crippen molar-refractivity contribution in [2.75, 3.05) is 6.61 Å². The summed E-state index contributed by atoms with van der Waals surface area (Å²) in [5, 5.41) is 0.898. The van der Waals surface area contributed by atoms with Crippen LogP contribution < -0.4 is 0 Å². The lowest BCUT2D eigenvalue weighted by Crippen LogP contribution is -2.20. The third kappa shape index (κ3) is 4.30. The molecule has 1 aromatic carbocycles. The summed E-state index contributed by atoms with van der Waals surface area (Å²) in [6.07, 6.45) is 0.0388. The van der Waals surface area contributed by atoms with Crippen LogP contribution in [0.1, 0.15) is 31.1 Å². The first-order chi connectivity index (χ1) is 7.91. The number of carbonyl (C=O) groups excluding carboxylic acids is 1. The van der Waals surface area contributed by atoms with Crippen LogP contribution in [0.2, 0.25) is 10.0 Å². The molecular formula is C13H16Cl2O2. The number of halogens is 2. The molecule has 0 aliphatic carbocycles. The maximum Gasteiger partial charge on any atom is 0.190 e. The average molecular weight is 275 g/mol. The summed E-state index contributed by atoms with van der Waals surface area (Å²) < 4.78 is 5.46. The molecule has 1 atom stereocenters. The smallest absolute Gasteiger partial charge is 0.190 e. The fourth-order valence-electron chi connectivity index (χ4n) is 1.19. The van der Waals surface area contributed by atoms with Gasteiger partial charge >= 0.3 is 0 Å². The molecule has 0 aliphatic heterocycles. The van der Waals surface area contributed by atoms with E-state index in [-0.39, 0.29) is 18.5 Å². The lowest BCUT2D eigenvalue weighted by atomic mass is 10.1. The minimum absolute atomic E-state index is 0.0272. The van der Waals surface area contributed by atoms with Crippen LogP contribution in [0.3, 0.4) is 0 Å². The van der Waals surface area contributed by atoms with Crippen LogP contribution in [-0.2, 0) is 4.74 Å². The Hall–Kier alpha value is -0.570. The molecule has 0 aliphatic rings. The molecule has 1 rings (SSSR count). The predicted molar refractivity (Wildman–Crippen MR) is 71.0 cm³/mol. The van der Waals surface area contributed by atoms with E-state index in [2.05, 4.69) is 0 Å². The van der Waals surface area contributed by atoms with Crippen molar-refractivity contribution in [3.63, 3.8) is 0 Å². The number of ether oxygens (including phenoxy) is 1. The van der Waals surface area contributed by atoms with Crippen molar-refractivity contribution in [1.82, 2.24) is 0 Å². The Kier molecular flexibility index (Phi) is 5.44. The van der Waals surface area contributed by atoms with Crippen LogP contribution >= 0.6 is 23.2 Å². The zero-order chi connectivity index (χ0) is 13.0. The molecule has 0 spiro atoms. The van der Waals surface area contributed by atoms with Gasteiger partial charge in [0.25, 0.3) is 0 Å². The first-order valence-corrected chi connectivity index (χ1v) is 6.27. The van der Waals surface area contributed by atoms with Crippen molar-refractivity contribution >= 4 is 29.0 Å². The van der Waals surface area contributed by atoms with E-state index in [1.165, 1.54) is 0 Å². The highest BCUT2D eigenvalue weighted by Gasteiger charge is 2.14. The topological polar surface area (TPSA) is 26.3 Å². The molecule has 1 unspecified atom stereocenters. The maximum absolute atomic E-state index is 11.9. The highest BCUT2D eigenvalue weighted by molar-refractivity contribution is 6.35. The van der Waals surface area contributed by atoms with Crippen molar-refractivity contribution in [3.8, 4) is 0 Å². The first-order valence-electron chi connectivity index (χ1n) is 5.51. The maximum atomic E-state index is 11.9. The summed E-state index contributed by atoms with van der Waals surface area (Å²) in [6, 6.07) is 4.83. The second kappa shape index (κ2) is 6.39. The van der Waals surface area contributed by atoms with Gasteiger partial charge in [-0.1, -0.05) is 37.0 Å². The summed E-state index contributed by atoms with van der Waals surface area (Å²) in [6.45, 7) is 6.06. The Bertz CT molecular complexity index is 402. The molecule has 0 N–H and O–H groups in total. The SMILES string of the molecule is CC(C)C(C)OCC(=O)c1cc(Cl)ccc1Cl. The average Bonchev–Trinajstić information content (AvgIpc) is 2.28. The summed E-state index contributed by atoms with van der Waals surface area (Å²) in [7, 11) is 0. The van der Waals surface area contributed by atoms with Crippen molar-refractivity contribution in [2.45, 2.75) is 26.9 Å². The van der Waals surface area contributed by atoms with E-state index < -0.39 is 0 Å². The lowest BCUT2D eigenvalue weighted by Gasteiger charge is -2.16. The van der Waals surface area contributed by atoms with Crippen molar-refractivity contribution in [2.24, 2.45) is 5.92 Å². The number of ketones is 1. The monoisotopic (exact) mass is 274 g/mol. The zero-order valence-electron chi connectivity index (χ0n) is 10.2. The third-order valence-corrected chi connectivity index (χ3v) is 3.21. The van der Waals surface area contributed by atoms with E-state index in [9.17, 15) is 4.79 Å². The molecule has 0 fully saturated rings. The van der Waals surface area contributed by atoms with Crippen molar-refractivity contribution in [3.05, 3.63) is 33.8 Å². The molecule has 94 valence electrons. The summed E-state index contributed by atoms with van der Waals surface area (Å²) in [4.78, 5) is 11.9. The highest BCUT2D eigenvalue weighted by Crippen LogP contribution is 2.21. The van der Waals surface area contributed by atoms with E-state index in [0.717, 1.165) is 0 Å². The second-order valence-electron chi connectivity index (χ2n) is 4.31. The normalized spacial score (nSPS) is 12.8. The first kappa shape index (κ1) is 14.5. The van der Waals surface area contributed by atoms with Gasteiger partial charge in [-0.25, -0.2) is 0 Å². The van der Waals surface area contributed by atoms with Gasteiger partial charge in [0.15, 0.2) is 5.78 Å². The van der Waals surface area contributed by atoms with E-state index in [4.69, 9.17) is 27.9 Å². The van der Waals surface area contributed by atoms with Gasteiger partial charge in [0.05, 0.1) is 11.1 Å². The van der Waals surface area contributed by atoms with Gasteiger partial charge in [-0.2, -0.15) is 0 Å². The Morgan fingerprint density at radius 1 is 1.29 bits per heavy atom. The molecule has 0 bridgehead atoms. The Morgan fingerprint density at radius 3 is 2.53 bits per heavy atom. The molecule has 0 aromatic heterocycles. The Balaban J connectivity index is 2.67. The molecule has 2 nitrogen and oxygen atoms in total. The van der Waals surface area contributed by atoms with Crippen LogP contribution in [0, 0.1) is 5.92 Å². The summed E-state index contributed by atoms with van der Waals surface area (Å²) in [5.41, 5.74) is 0.412. The summed E-state index contributed by atoms with van der Waals surface area (Å²) >= 11 is 11.8. The molecule has 17 heavy (non-hydrogen) atoms. The molecule has 4 heteroatoms. The molecule has 0 saturated heterocycles. The molecule has 1 aromatic rings. The van der Waals surface area contributed by atoms with E-state index in [1.807, 2.05) is 20.8 Å². The molecule has 0 amide bonds. The fourth-order valence-corrected chi connectivity index (χ4v) is 1.58. The van der Waals surface area contributed by atoms with E-state index in [1.54, 1.807) is 18.2 Å². The molecule has 0 saturated carbocycles. The van der Waals surface area contributed by atoms with Crippen LogP contribution in [0.15, 0.2) is 18.2 Å². The van der Waals surface area contributed by atoms with Crippen LogP contribution in [0.25, 0.3) is 0 Å². The fraction of sp³-hybridized carbons (Fsp3) is 0.462. The third-order valence-electron chi connectivity index (χ3n) is 2.64. The Labute approximate surface area is 112 Å². The Morgan fingerprint density at radius 2 is 1.94 bits per heavy atom. The number of carbonyl (C=O) groups is 1. The number of hydrogen-bond acceptors (Lipinski definition) is 2. The largest absolute Gasteiger partial charge is 0.370 e. The van der Waals surface area contributed by atoms with Crippen LogP contribution in [-0.4, -0.2) is 18.5 Å². The quantitative estimate of drug-likeness (QED) is 0.751. The zero-order valence-corrected chi connectivity index (χ0v) is 11.7. The number of rotatable bonds is 5. The van der Waals surface area contributed by atoms with Crippen molar-refractivity contribution < 1.29 is 9.53 Å². The van der Waals surface area contributed by atoms with E-state index in [0.29, 0.717) is 21.5 Å². The minimum atomic E-state index is -0.148. The number of hydrogen-bond donors (Lipinski definition) is 0. The molecule has 0 radical (unpaired) electrons. The van der Waals surface area contributed by atoms with Gasteiger partial charge in [-0.15, -0.1) is 0 Å². The van der Waals surface area contributed by atoms with Gasteiger partial charge in [-0.3, -0.25) is 4.79 Å². The van der Waals surface area contributed by atoms with Gasteiger partial charge in [-0.05, 0) is 31.0 Å². The van der Waals surface area contributed by atoms with E-state index >= 15 is 0 Å². The van der Waals surface area contributed by atoms with Gasteiger partial charge < -0.3 is 4.74 Å². The second-order valence-corrected chi connectivity index (χ2v) is 5.15. The van der Waals surface area contributed by atoms with Gasteiger partial charge in [0.1, 0.15) is 6.61 Å². The van der Waals surface area contributed by atoms with Crippen molar-refractivity contribution in [1.29, 1.82) is 0 Å². The predicted octanol–water partition coefficient (Wildman–Crippen LogP) is 4.24. The highest BCUT2D eigenvalue weighted by atomic mass is 35.5. The number of benzene rings is 1.